The molecule has 0 unspecified atom stereocenters. The summed E-state index contributed by atoms with van der Waals surface area (Å²) in [4.78, 5) is 16.4. The Hall–Kier alpha value is -1.58. The number of anilines is 1. The summed E-state index contributed by atoms with van der Waals surface area (Å²) in [5.74, 6) is 0.628. The van der Waals surface area contributed by atoms with E-state index in [1.54, 1.807) is 19.3 Å². The van der Waals surface area contributed by atoms with Crippen molar-refractivity contribution in [1.82, 2.24) is 10.3 Å². The maximum absolute atomic E-state index is 12.2. The summed E-state index contributed by atoms with van der Waals surface area (Å²) in [6, 6.07) is 3.93. The number of nitrogens with one attached hydrogen (secondary N) is 2. The van der Waals surface area contributed by atoms with Crippen molar-refractivity contribution in [3.63, 3.8) is 0 Å². The maximum atomic E-state index is 12.2. The highest BCUT2D eigenvalue weighted by atomic mass is 16.1. The van der Waals surface area contributed by atoms with Crippen molar-refractivity contribution in [2.75, 3.05) is 12.4 Å². The monoisotopic (exact) mass is 247 g/mol. The van der Waals surface area contributed by atoms with E-state index in [2.05, 4.69) is 15.6 Å². The smallest absolute Gasteiger partial charge is 0.255 e. The summed E-state index contributed by atoms with van der Waals surface area (Å²) < 4.78 is 0. The molecule has 1 heterocycles. The Morgan fingerprint density at radius 1 is 1.28 bits per heavy atom. The molecule has 0 bridgehead atoms. The Kier molecular flexibility index (Phi) is 4.56. The van der Waals surface area contributed by atoms with Gasteiger partial charge in [0, 0.05) is 19.3 Å². The second-order valence-corrected chi connectivity index (χ2v) is 4.81. The van der Waals surface area contributed by atoms with Crippen LogP contribution in [0.5, 0.6) is 0 Å². The number of pyridine rings is 1. The second kappa shape index (κ2) is 6.38. The molecule has 1 fully saturated rings. The number of rotatable bonds is 3. The van der Waals surface area contributed by atoms with E-state index in [0.29, 0.717) is 17.4 Å². The molecular weight excluding hydrogens is 226 g/mol. The number of carbonyl (C=O) groups excluding carboxylic acids is 1. The van der Waals surface area contributed by atoms with Crippen LogP contribution in [0, 0.1) is 0 Å². The van der Waals surface area contributed by atoms with Gasteiger partial charge in [-0.05, 0) is 25.0 Å². The first kappa shape index (κ1) is 12.9. The maximum Gasteiger partial charge on any atom is 0.255 e. The summed E-state index contributed by atoms with van der Waals surface area (Å²) in [6.07, 6.45) is 8.91. The standard InChI is InChI=1S/C14H21N3O/c1-15-13-12(9-6-10-16-13)14(18)17-11-7-4-2-3-5-8-11/h6,9-11H,2-5,7-8H2,1H3,(H,15,16)(H,17,18). The molecule has 1 aliphatic carbocycles. The minimum atomic E-state index is -0.0145. The molecule has 1 aromatic heterocycles. The third-order valence-corrected chi connectivity index (χ3v) is 3.48. The fraction of sp³-hybridized carbons (Fsp3) is 0.571. The third kappa shape index (κ3) is 3.22. The SMILES string of the molecule is CNc1ncccc1C(=O)NC1CCCCCC1. The number of hydrogen-bond donors (Lipinski definition) is 2. The van der Waals surface area contributed by atoms with Crippen LogP contribution >= 0.6 is 0 Å². The first-order valence-corrected chi connectivity index (χ1v) is 6.75. The van der Waals surface area contributed by atoms with Gasteiger partial charge in [0.2, 0.25) is 0 Å². The van der Waals surface area contributed by atoms with Gasteiger partial charge < -0.3 is 10.6 Å². The fourth-order valence-electron chi connectivity index (χ4n) is 2.47. The molecule has 4 nitrogen and oxygen atoms in total. The van der Waals surface area contributed by atoms with Crippen LogP contribution in [0.1, 0.15) is 48.9 Å². The molecule has 0 atom stereocenters. The van der Waals surface area contributed by atoms with Crippen LogP contribution in [-0.4, -0.2) is 24.0 Å². The van der Waals surface area contributed by atoms with E-state index in [1.165, 1.54) is 25.7 Å². The Bertz CT molecular complexity index is 398. The van der Waals surface area contributed by atoms with E-state index >= 15 is 0 Å². The number of amides is 1. The van der Waals surface area contributed by atoms with Gasteiger partial charge in [0.1, 0.15) is 5.82 Å². The van der Waals surface area contributed by atoms with Gasteiger partial charge in [-0.1, -0.05) is 25.7 Å². The molecule has 2 rings (SSSR count). The van der Waals surface area contributed by atoms with Crippen molar-refractivity contribution in [3.05, 3.63) is 23.9 Å². The summed E-state index contributed by atoms with van der Waals surface area (Å²) in [6.45, 7) is 0. The lowest BCUT2D eigenvalue weighted by Gasteiger charge is -2.17. The van der Waals surface area contributed by atoms with Gasteiger partial charge in [0.25, 0.3) is 5.91 Å². The molecule has 4 heteroatoms. The van der Waals surface area contributed by atoms with Gasteiger partial charge in [0.15, 0.2) is 0 Å². The van der Waals surface area contributed by atoms with Gasteiger partial charge in [-0.2, -0.15) is 0 Å². The van der Waals surface area contributed by atoms with E-state index < -0.39 is 0 Å². The van der Waals surface area contributed by atoms with Crippen LogP contribution in [0.25, 0.3) is 0 Å². The van der Waals surface area contributed by atoms with Crippen molar-refractivity contribution in [3.8, 4) is 0 Å². The fourth-order valence-corrected chi connectivity index (χ4v) is 2.47. The first-order valence-electron chi connectivity index (χ1n) is 6.75. The average molecular weight is 247 g/mol. The van der Waals surface area contributed by atoms with Crippen molar-refractivity contribution in [1.29, 1.82) is 0 Å². The Morgan fingerprint density at radius 3 is 2.67 bits per heavy atom. The molecule has 0 radical (unpaired) electrons. The zero-order valence-corrected chi connectivity index (χ0v) is 10.9. The normalized spacial score (nSPS) is 16.9. The van der Waals surface area contributed by atoms with E-state index in [1.807, 2.05) is 6.07 Å². The molecule has 0 saturated heterocycles. The summed E-state index contributed by atoms with van der Waals surface area (Å²) in [5.41, 5.74) is 0.629. The molecule has 1 amide bonds. The molecule has 18 heavy (non-hydrogen) atoms. The molecule has 2 N–H and O–H groups in total. The molecule has 1 aliphatic rings. The van der Waals surface area contributed by atoms with Gasteiger partial charge in [-0.3, -0.25) is 4.79 Å². The lowest BCUT2D eigenvalue weighted by Crippen LogP contribution is -2.34. The predicted octanol–water partition coefficient (Wildman–Crippen LogP) is 2.58. The topological polar surface area (TPSA) is 54.0 Å². The van der Waals surface area contributed by atoms with Crippen molar-refractivity contribution in [2.45, 2.75) is 44.6 Å². The van der Waals surface area contributed by atoms with Crippen molar-refractivity contribution >= 4 is 11.7 Å². The molecule has 0 spiro atoms. The van der Waals surface area contributed by atoms with Crippen LogP contribution in [0.4, 0.5) is 5.82 Å². The van der Waals surface area contributed by atoms with Crippen molar-refractivity contribution in [2.24, 2.45) is 0 Å². The Labute approximate surface area is 108 Å². The molecule has 98 valence electrons. The highest BCUT2D eigenvalue weighted by Crippen LogP contribution is 2.18. The van der Waals surface area contributed by atoms with Gasteiger partial charge in [0.05, 0.1) is 5.56 Å². The lowest BCUT2D eigenvalue weighted by atomic mass is 10.1. The van der Waals surface area contributed by atoms with E-state index in [9.17, 15) is 4.79 Å². The van der Waals surface area contributed by atoms with Gasteiger partial charge in [-0.15, -0.1) is 0 Å². The molecule has 0 aliphatic heterocycles. The van der Waals surface area contributed by atoms with Crippen LogP contribution in [0.2, 0.25) is 0 Å². The summed E-state index contributed by atoms with van der Waals surface area (Å²) >= 11 is 0. The van der Waals surface area contributed by atoms with Crippen molar-refractivity contribution < 1.29 is 4.79 Å². The van der Waals surface area contributed by atoms with Crippen LogP contribution in [0.3, 0.4) is 0 Å². The van der Waals surface area contributed by atoms with Crippen LogP contribution in [0.15, 0.2) is 18.3 Å². The van der Waals surface area contributed by atoms with E-state index in [-0.39, 0.29) is 5.91 Å². The van der Waals surface area contributed by atoms with Gasteiger partial charge >= 0.3 is 0 Å². The Balaban J connectivity index is 2.02. The number of aromatic nitrogens is 1. The molecular formula is C14H21N3O. The van der Waals surface area contributed by atoms with Crippen LogP contribution in [-0.2, 0) is 0 Å². The average Bonchev–Trinajstić information content (AvgIpc) is 2.67. The minimum absolute atomic E-state index is 0.0145. The largest absolute Gasteiger partial charge is 0.372 e. The second-order valence-electron chi connectivity index (χ2n) is 4.81. The lowest BCUT2D eigenvalue weighted by molar-refractivity contribution is 0.0934. The number of hydrogen-bond acceptors (Lipinski definition) is 3. The summed E-state index contributed by atoms with van der Waals surface area (Å²) in [7, 11) is 1.78. The highest BCUT2D eigenvalue weighted by Gasteiger charge is 2.17. The molecule has 0 aromatic carbocycles. The molecule has 1 aromatic rings. The highest BCUT2D eigenvalue weighted by molar-refractivity contribution is 5.98. The van der Waals surface area contributed by atoms with Crippen LogP contribution < -0.4 is 10.6 Å². The predicted molar refractivity (Wildman–Crippen MR) is 72.7 cm³/mol. The quantitative estimate of drug-likeness (QED) is 0.807. The van der Waals surface area contributed by atoms with Gasteiger partial charge in [-0.25, -0.2) is 4.98 Å². The summed E-state index contributed by atoms with van der Waals surface area (Å²) in [5, 5.41) is 6.09. The Morgan fingerprint density at radius 2 is 2.00 bits per heavy atom. The third-order valence-electron chi connectivity index (χ3n) is 3.48. The number of nitrogens with zero attached hydrogens (tertiary/aromatic N) is 1. The minimum Gasteiger partial charge on any atom is -0.372 e. The zero-order valence-electron chi connectivity index (χ0n) is 10.9. The van der Waals surface area contributed by atoms with E-state index in [0.717, 1.165) is 12.8 Å². The zero-order chi connectivity index (χ0) is 12.8. The van der Waals surface area contributed by atoms with E-state index in [4.69, 9.17) is 0 Å². The number of carbonyl (C=O) groups is 1. The molecule has 1 saturated carbocycles. The first-order chi connectivity index (χ1) is 8.81.